The maximum Gasteiger partial charge on any atom is 0.330 e. The molecule has 18 heavy (non-hydrogen) atoms. The smallest absolute Gasteiger partial charge is 0.330 e. The van der Waals surface area contributed by atoms with Gasteiger partial charge < -0.3 is 14.2 Å². The van der Waals surface area contributed by atoms with Gasteiger partial charge in [0.25, 0.3) is 0 Å². The molecule has 0 aliphatic carbocycles. The van der Waals surface area contributed by atoms with Crippen LogP contribution in [0, 0.1) is 0 Å². The molecule has 0 saturated heterocycles. The zero-order valence-electron chi connectivity index (χ0n) is 10.6. The van der Waals surface area contributed by atoms with E-state index < -0.39 is 0 Å². The maximum atomic E-state index is 11.3. The van der Waals surface area contributed by atoms with Crippen LogP contribution in [-0.2, 0) is 16.0 Å². The van der Waals surface area contributed by atoms with Crippen LogP contribution < -0.4 is 9.47 Å². The summed E-state index contributed by atoms with van der Waals surface area (Å²) in [5.41, 5.74) is 2.03. The van der Waals surface area contributed by atoms with Gasteiger partial charge in [-0.2, -0.15) is 0 Å². The van der Waals surface area contributed by atoms with Crippen LogP contribution in [-0.4, -0.2) is 19.4 Å². The van der Waals surface area contributed by atoms with Gasteiger partial charge in [-0.25, -0.2) is 4.79 Å². The van der Waals surface area contributed by atoms with Crippen molar-refractivity contribution in [3.63, 3.8) is 0 Å². The van der Waals surface area contributed by atoms with Gasteiger partial charge in [0.1, 0.15) is 0 Å². The summed E-state index contributed by atoms with van der Waals surface area (Å²) in [6, 6.07) is 5.79. The fourth-order valence-electron chi connectivity index (χ4n) is 1.81. The highest BCUT2D eigenvalue weighted by Gasteiger charge is 2.13. The number of hydrogen-bond donors (Lipinski definition) is 0. The minimum Gasteiger partial charge on any atom is -0.463 e. The van der Waals surface area contributed by atoms with Gasteiger partial charge in [0, 0.05) is 6.08 Å². The third kappa shape index (κ3) is 3.03. The first-order valence-corrected chi connectivity index (χ1v) is 5.91. The Morgan fingerprint density at radius 2 is 2.17 bits per heavy atom. The molecule has 2 rings (SSSR count). The first-order valence-electron chi connectivity index (χ1n) is 5.91. The topological polar surface area (TPSA) is 44.8 Å². The zero-order valence-corrected chi connectivity index (χ0v) is 10.6. The molecular weight excluding hydrogens is 232 g/mol. The standard InChI is InChI=1S/C14H16O4/c1-3-16-14(15)7-10(2)6-11-4-5-12-13(8-11)18-9-17-12/h4-5,7-8H,3,6,9H2,1-2H3. The summed E-state index contributed by atoms with van der Waals surface area (Å²) in [5.74, 6) is 1.23. The fraction of sp³-hybridized carbons (Fsp3) is 0.357. The average molecular weight is 248 g/mol. The highest BCUT2D eigenvalue weighted by atomic mass is 16.7. The first-order chi connectivity index (χ1) is 8.69. The van der Waals surface area contributed by atoms with Crippen molar-refractivity contribution in [3.05, 3.63) is 35.4 Å². The van der Waals surface area contributed by atoms with E-state index in [2.05, 4.69) is 0 Å². The number of carbonyl (C=O) groups excluding carboxylic acids is 1. The lowest BCUT2D eigenvalue weighted by molar-refractivity contribution is -0.137. The van der Waals surface area contributed by atoms with Crippen molar-refractivity contribution in [2.45, 2.75) is 20.3 Å². The number of hydrogen-bond acceptors (Lipinski definition) is 4. The predicted molar refractivity (Wildman–Crippen MR) is 66.7 cm³/mol. The molecule has 0 aromatic heterocycles. The lowest BCUT2D eigenvalue weighted by Gasteiger charge is -2.04. The normalized spacial score (nSPS) is 13.6. The Hall–Kier alpha value is -1.97. The second kappa shape index (κ2) is 5.58. The van der Waals surface area contributed by atoms with Crippen molar-refractivity contribution < 1.29 is 19.0 Å². The highest BCUT2D eigenvalue weighted by molar-refractivity contribution is 5.82. The van der Waals surface area contributed by atoms with E-state index >= 15 is 0 Å². The van der Waals surface area contributed by atoms with E-state index in [9.17, 15) is 4.79 Å². The van der Waals surface area contributed by atoms with Gasteiger partial charge in [-0.15, -0.1) is 0 Å². The molecule has 0 N–H and O–H groups in total. The number of carbonyl (C=O) groups is 1. The summed E-state index contributed by atoms with van der Waals surface area (Å²) in [6.07, 6.45) is 2.21. The molecule has 0 amide bonds. The summed E-state index contributed by atoms with van der Waals surface area (Å²) in [4.78, 5) is 11.3. The first kappa shape index (κ1) is 12.5. The van der Waals surface area contributed by atoms with Crippen LogP contribution in [0.2, 0.25) is 0 Å². The van der Waals surface area contributed by atoms with Crippen LogP contribution in [0.3, 0.4) is 0 Å². The zero-order chi connectivity index (χ0) is 13.0. The molecule has 4 heteroatoms. The van der Waals surface area contributed by atoms with E-state index in [0.29, 0.717) is 13.0 Å². The Balaban J connectivity index is 2.03. The van der Waals surface area contributed by atoms with Crippen LogP contribution in [0.5, 0.6) is 11.5 Å². The molecule has 1 aromatic carbocycles. The number of fused-ring (bicyclic) bond motifs is 1. The number of rotatable bonds is 4. The average Bonchev–Trinajstić information content (AvgIpc) is 2.76. The minimum atomic E-state index is -0.296. The molecule has 0 radical (unpaired) electrons. The molecule has 0 unspecified atom stereocenters. The van der Waals surface area contributed by atoms with Crippen molar-refractivity contribution in [1.82, 2.24) is 0 Å². The summed E-state index contributed by atoms with van der Waals surface area (Å²) in [5, 5.41) is 0. The molecular formula is C14H16O4. The third-order valence-corrected chi connectivity index (χ3v) is 2.57. The van der Waals surface area contributed by atoms with Crippen LogP contribution in [0.4, 0.5) is 0 Å². The number of ether oxygens (including phenoxy) is 3. The Morgan fingerprint density at radius 1 is 1.39 bits per heavy atom. The van der Waals surface area contributed by atoms with Gasteiger partial charge >= 0.3 is 5.97 Å². The molecule has 1 aliphatic heterocycles. The van der Waals surface area contributed by atoms with Gasteiger partial charge in [0.2, 0.25) is 6.79 Å². The Bertz CT molecular complexity index is 477. The molecule has 1 aliphatic rings. The second-order valence-corrected chi connectivity index (χ2v) is 4.11. The Kier molecular flexibility index (Phi) is 3.87. The summed E-state index contributed by atoms with van der Waals surface area (Å²) >= 11 is 0. The lowest BCUT2D eigenvalue weighted by atomic mass is 10.1. The van der Waals surface area contributed by atoms with Gasteiger partial charge in [0.05, 0.1) is 6.61 Å². The van der Waals surface area contributed by atoms with Crippen molar-refractivity contribution in [2.75, 3.05) is 13.4 Å². The molecule has 0 bridgehead atoms. The van der Waals surface area contributed by atoms with Crippen LogP contribution in [0.15, 0.2) is 29.8 Å². The van der Waals surface area contributed by atoms with E-state index in [1.165, 1.54) is 6.08 Å². The van der Waals surface area contributed by atoms with Gasteiger partial charge in [-0.05, 0) is 38.0 Å². The van der Waals surface area contributed by atoms with Crippen molar-refractivity contribution in [2.24, 2.45) is 0 Å². The molecule has 1 heterocycles. The predicted octanol–water partition coefficient (Wildman–Crippen LogP) is 2.47. The van der Waals surface area contributed by atoms with Crippen LogP contribution >= 0.6 is 0 Å². The summed E-state index contributed by atoms with van der Waals surface area (Å²) in [7, 11) is 0. The van der Waals surface area contributed by atoms with E-state index in [0.717, 1.165) is 22.6 Å². The molecule has 0 atom stereocenters. The molecule has 0 fully saturated rings. The molecule has 4 nitrogen and oxygen atoms in total. The van der Waals surface area contributed by atoms with Crippen LogP contribution in [0.1, 0.15) is 19.4 Å². The fourth-order valence-corrected chi connectivity index (χ4v) is 1.81. The number of benzene rings is 1. The Morgan fingerprint density at radius 3 is 2.94 bits per heavy atom. The quantitative estimate of drug-likeness (QED) is 0.606. The van der Waals surface area contributed by atoms with E-state index in [-0.39, 0.29) is 12.8 Å². The molecule has 0 spiro atoms. The molecule has 96 valence electrons. The van der Waals surface area contributed by atoms with E-state index in [4.69, 9.17) is 14.2 Å². The monoisotopic (exact) mass is 248 g/mol. The minimum absolute atomic E-state index is 0.274. The van der Waals surface area contributed by atoms with Crippen molar-refractivity contribution in [1.29, 1.82) is 0 Å². The number of esters is 1. The van der Waals surface area contributed by atoms with Crippen LogP contribution in [0.25, 0.3) is 0 Å². The number of allylic oxidation sites excluding steroid dienone is 1. The SMILES string of the molecule is CCOC(=O)C=C(C)Cc1ccc2c(c1)OCO2. The van der Waals surface area contributed by atoms with Gasteiger partial charge in [0.15, 0.2) is 11.5 Å². The van der Waals surface area contributed by atoms with Crippen molar-refractivity contribution >= 4 is 5.97 Å². The third-order valence-electron chi connectivity index (χ3n) is 2.57. The molecule has 1 aromatic rings. The summed E-state index contributed by atoms with van der Waals surface area (Å²) < 4.78 is 15.4. The van der Waals surface area contributed by atoms with Gasteiger partial charge in [-0.1, -0.05) is 11.6 Å². The largest absolute Gasteiger partial charge is 0.463 e. The summed E-state index contributed by atoms with van der Waals surface area (Å²) in [6.45, 7) is 4.36. The highest BCUT2D eigenvalue weighted by Crippen LogP contribution is 2.32. The maximum absolute atomic E-state index is 11.3. The lowest BCUT2D eigenvalue weighted by Crippen LogP contribution is -2.01. The van der Waals surface area contributed by atoms with Crippen molar-refractivity contribution in [3.8, 4) is 11.5 Å². The second-order valence-electron chi connectivity index (χ2n) is 4.11. The van der Waals surface area contributed by atoms with E-state index in [1.54, 1.807) is 6.92 Å². The van der Waals surface area contributed by atoms with Gasteiger partial charge in [-0.3, -0.25) is 0 Å². The van der Waals surface area contributed by atoms with E-state index in [1.807, 2.05) is 25.1 Å². The molecule has 0 saturated carbocycles. The Labute approximate surface area is 106 Å².